The molecule has 0 aromatic rings. The van der Waals surface area contributed by atoms with Gasteiger partial charge in [-0.2, -0.15) is 0 Å². The van der Waals surface area contributed by atoms with E-state index in [9.17, 15) is 18.0 Å². The molecule has 0 heterocycles. The van der Waals surface area contributed by atoms with E-state index >= 15 is 0 Å². The van der Waals surface area contributed by atoms with Crippen molar-refractivity contribution in [2.24, 2.45) is 5.92 Å². The summed E-state index contributed by atoms with van der Waals surface area (Å²) in [6.07, 6.45) is 3.70. The van der Waals surface area contributed by atoms with Gasteiger partial charge in [-0.3, -0.25) is 9.59 Å². The minimum absolute atomic E-state index is 0.123. The summed E-state index contributed by atoms with van der Waals surface area (Å²) < 4.78 is 34.0. The van der Waals surface area contributed by atoms with Gasteiger partial charge in [0.1, 0.15) is 6.61 Å². The van der Waals surface area contributed by atoms with Crippen LogP contribution in [0.3, 0.4) is 0 Å². The van der Waals surface area contributed by atoms with Crippen molar-refractivity contribution in [1.29, 1.82) is 0 Å². The third-order valence-electron chi connectivity index (χ3n) is 3.28. The largest absolute Gasteiger partial charge is 0.465 e. The van der Waals surface area contributed by atoms with E-state index in [2.05, 4.69) is 0 Å². The molecule has 0 amide bonds. The Morgan fingerprint density at radius 3 is 2.13 bits per heavy atom. The molecule has 0 aromatic heterocycles. The molecule has 0 aliphatic carbocycles. The van der Waals surface area contributed by atoms with Gasteiger partial charge in [0.05, 0.1) is 11.4 Å². The second kappa shape index (κ2) is 9.05. The normalized spacial score (nSPS) is 15.2. The van der Waals surface area contributed by atoms with Crippen LogP contribution < -0.4 is 0 Å². The summed E-state index contributed by atoms with van der Waals surface area (Å²) in [6.45, 7) is 9.60. The van der Waals surface area contributed by atoms with Crippen LogP contribution in [0.25, 0.3) is 0 Å². The molecule has 2 unspecified atom stereocenters. The molecule has 0 aromatic carbocycles. The van der Waals surface area contributed by atoms with Crippen molar-refractivity contribution in [3.8, 4) is 0 Å². The van der Waals surface area contributed by atoms with Gasteiger partial charge in [0.2, 0.25) is 0 Å². The first kappa shape index (κ1) is 21.6. The SMILES string of the molecule is CCOC(=O)C(C(C)CC=CCOC(C)=O)S(=O)(=O)C(C)(C)C. The predicted octanol–water partition coefficient (Wildman–Crippen LogP) is 2.28. The van der Waals surface area contributed by atoms with Gasteiger partial charge in [-0.1, -0.05) is 19.1 Å². The minimum Gasteiger partial charge on any atom is -0.465 e. The highest BCUT2D eigenvalue weighted by molar-refractivity contribution is 7.94. The maximum Gasteiger partial charge on any atom is 0.324 e. The third-order valence-corrected chi connectivity index (χ3v) is 6.31. The number of allylic oxidation sites excluding steroid dienone is 1. The van der Waals surface area contributed by atoms with E-state index < -0.39 is 31.7 Å². The van der Waals surface area contributed by atoms with E-state index in [0.717, 1.165) is 0 Å². The van der Waals surface area contributed by atoms with Crippen LogP contribution in [-0.4, -0.2) is 43.6 Å². The Labute approximate surface area is 139 Å². The van der Waals surface area contributed by atoms with Crippen molar-refractivity contribution in [2.45, 2.75) is 58.0 Å². The van der Waals surface area contributed by atoms with Crippen molar-refractivity contribution in [3.63, 3.8) is 0 Å². The fourth-order valence-corrected chi connectivity index (χ4v) is 3.74. The number of sulfone groups is 1. The van der Waals surface area contributed by atoms with Crippen molar-refractivity contribution in [1.82, 2.24) is 0 Å². The molecule has 0 aliphatic heterocycles. The summed E-state index contributed by atoms with van der Waals surface area (Å²) in [6, 6.07) is 0. The van der Waals surface area contributed by atoms with E-state index in [1.165, 1.54) is 6.92 Å². The lowest BCUT2D eigenvalue weighted by Gasteiger charge is -2.28. The Kier molecular flexibility index (Phi) is 8.52. The second-order valence-electron chi connectivity index (χ2n) is 6.32. The Balaban J connectivity index is 5.16. The van der Waals surface area contributed by atoms with E-state index in [0.29, 0.717) is 6.42 Å². The number of carbonyl (C=O) groups is 2. The molecule has 0 bridgehead atoms. The molecule has 7 heteroatoms. The fraction of sp³-hybridized carbons (Fsp3) is 0.750. The first-order valence-corrected chi connectivity index (χ1v) is 9.18. The van der Waals surface area contributed by atoms with Crippen LogP contribution in [0, 0.1) is 5.92 Å². The third kappa shape index (κ3) is 6.72. The monoisotopic (exact) mass is 348 g/mol. The maximum absolute atomic E-state index is 12.7. The summed E-state index contributed by atoms with van der Waals surface area (Å²) in [5.41, 5.74) is 0. The van der Waals surface area contributed by atoms with Crippen LogP contribution in [-0.2, 0) is 28.9 Å². The van der Waals surface area contributed by atoms with Gasteiger partial charge < -0.3 is 9.47 Å². The smallest absolute Gasteiger partial charge is 0.324 e. The van der Waals surface area contributed by atoms with Gasteiger partial charge in [0.25, 0.3) is 0 Å². The average Bonchev–Trinajstić information content (AvgIpc) is 2.36. The average molecular weight is 348 g/mol. The zero-order valence-electron chi connectivity index (χ0n) is 14.8. The number of carbonyl (C=O) groups excluding carboxylic acids is 2. The number of ether oxygens (including phenoxy) is 2. The summed E-state index contributed by atoms with van der Waals surface area (Å²) in [4.78, 5) is 22.8. The molecule has 134 valence electrons. The lowest BCUT2D eigenvalue weighted by molar-refractivity contribution is -0.143. The molecule has 6 nitrogen and oxygen atoms in total. The highest BCUT2D eigenvalue weighted by atomic mass is 32.2. The van der Waals surface area contributed by atoms with Gasteiger partial charge in [0.15, 0.2) is 15.1 Å². The van der Waals surface area contributed by atoms with Crippen LogP contribution in [0.15, 0.2) is 12.2 Å². The van der Waals surface area contributed by atoms with Gasteiger partial charge in [-0.25, -0.2) is 8.42 Å². The fourth-order valence-electron chi connectivity index (χ4n) is 1.94. The molecule has 0 radical (unpaired) electrons. The topological polar surface area (TPSA) is 86.7 Å². The molecule has 2 atom stereocenters. The molecule has 23 heavy (non-hydrogen) atoms. The predicted molar refractivity (Wildman–Crippen MR) is 88.6 cm³/mol. The Hall–Kier alpha value is -1.37. The Morgan fingerprint density at radius 1 is 1.13 bits per heavy atom. The molecule has 0 N–H and O–H groups in total. The first-order chi connectivity index (χ1) is 10.4. The van der Waals surface area contributed by atoms with Crippen LogP contribution in [0.4, 0.5) is 0 Å². The van der Waals surface area contributed by atoms with E-state index in [1.54, 1.807) is 46.8 Å². The van der Waals surface area contributed by atoms with Crippen LogP contribution in [0.1, 0.15) is 48.0 Å². The molecule has 0 spiro atoms. The van der Waals surface area contributed by atoms with Gasteiger partial charge >= 0.3 is 11.9 Å². The standard InChI is InChI=1S/C16H28O6S/c1-7-21-15(18)14(23(19,20)16(4,5)6)12(2)10-8-9-11-22-13(3)17/h8-9,12,14H,7,10-11H2,1-6H3. The quantitative estimate of drug-likeness (QED) is 0.494. The molecule has 0 aliphatic rings. The molecule has 0 saturated heterocycles. The summed E-state index contributed by atoms with van der Waals surface area (Å²) >= 11 is 0. The van der Waals surface area contributed by atoms with E-state index in [-0.39, 0.29) is 19.2 Å². The van der Waals surface area contributed by atoms with E-state index in [1.807, 2.05) is 0 Å². The molecular formula is C16H28O6S. The zero-order valence-corrected chi connectivity index (χ0v) is 15.6. The lowest BCUT2D eigenvalue weighted by Crippen LogP contribution is -2.46. The molecule has 0 rings (SSSR count). The molecule has 0 fully saturated rings. The molecular weight excluding hydrogens is 320 g/mol. The lowest BCUT2D eigenvalue weighted by atomic mass is 10.0. The Bertz CT molecular complexity index is 527. The minimum atomic E-state index is -3.71. The first-order valence-electron chi connectivity index (χ1n) is 7.63. The summed E-state index contributed by atoms with van der Waals surface area (Å²) in [7, 11) is -3.71. The van der Waals surface area contributed by atoms with Crippen molar-refractivity contribution >= 4 is 21.8 Å². The number of esters is 2. The number of rotatable bonds is 8. The second-order valence-corrected chi connectivity index (χ2v) is 9.14. The van der Waals surface area contributed by atoms with Crippen LogP contribution in [0.5, 0.6) is 0 Å². The van der Waals surface area contributed by atoms with Gasteiger partial charge in [0, 0.05) is 6.92 Å². The maximum atomic E-state index is 12.7. The van der Waals surface area contributed by atoms with Crippen LogP contribution >= 0.6 is 0 Å². The summed E-state index contributed by atoms with van der Waals surface area (Å²) in [5.74, 6) is -1.56. The van der Waals surface area contributed by atoms with Crippen molar-refractivity contribution in [3.05, 3.63) is 12.2 Å². The summed E-state index contributed by atoms with van der Waals surface area (Å²) in [5, 5.41) is -1.22. The highest BCUT2D eigenvalue weighted by Gasteiger charge is 2.44. The number of hydrogen-bond acceptors (Lipinski definition) is 6. The van der Waals surface area contributed by atoms with Gasteiger partial charge in [-0.15, -0.1) is 0 Å². The number of hydrogen-bond donors (Lipinski definition) is 0. The highest BCUT2D eigenvalue weighted by Crippen LogP contribution is 2.28. The zero-order chi connectivity index (χ0) is 18.3. The Morgan fingerprint density at radius 2 is 1.70 bits per heavy atom. The van der Waals surface area contributed by atoms with Crippen molar-refractivity contribution < 1.29 is 27.5 Å². The van der Waals surface area contributed by atoms with E-state index in [4.69, 9.17) is 9.47 Å². The van der Waals surface area contributed by atoms with Crippen molar-refractivity contribution in [2.75, 3.05) is 13.2 Å². The molecule has 0 saturated carbocycles. The van der Waals surface area contributed by atoms with Gasteiger partial charge in [-0.05, 0) is 40.0 Å². The van der Waals surface area contributed by atoms with Crippen LogP contribution in [0.2, 0.25) is 0 Å².